The fraction of sp³-hybridized carbons (Fsp3) is 0.379. The largest absolute Gasteiger partial charge is 0.465 e. The van der Waals surface area contributed by atoms with Crippen LogP contribution in [0.5, 0.6) is 0 Å². The van der Waals surface area contributed by atoms with Gasteiger partial charge in [-0.1, -0.05) is 19.1 Å². The molecule has 0 radical (unpaired) electrons. The van der Waals surface area contributed by atoms with Crippen LogP contribution >= 0.6 is 34.4 Å². The lowest BCUT2D eigenvalue weighted by molar-refractivity contribution is -0.115. The zero-order valence-electron chi connectivity index (χ0n) is 23.6. The normalized spacial score (nSPS) is 13.6. The topological polar surface area (TPSA) is 114 Å². The number of hydrogen-bond donors (Lipinski definition) is 2. The highest BCUT2D eigenvalue weighted by Crippen LogP contribution is 2.39. The molecular formula is C29H33N3O6S3. The van der Waals surface area contributed by atoms with E-state index in [0.717, 1.165) is 15.3 Å². The van der Waals surface area contributed by atoms with E-state index >= 15 is 0 Å². The summed E-state index contributed by atoms with van der Waals surface area (Å²) < 4.78 is 10.6. The third kappa shape index (κ3) is 7.69. The van der Waals surface area contributed by atoms with Crippen molar-refractivity contribution in [2.24, 2.45) is 0 Å². The van der Waals surface area contributed by atoms with Crippen molar-refractivity contribution in [1.82, 2.24) is 4.90 Å². The molecule has 4 rings (SSSR count). The maximum atomic E-state index is 13.4. The molecule has 1 aliphatic heterocycles. The molecule has 41 heavy (non-hydrogen) atoms. The fourth-order valence-corrected chi connectivity index (χ4v) is 7.10. The predicted molar refractivity (Wildman–Crippen MR) is 163 cm³/mol. The average molecular weight is 616 g/mol. The third-order valence-corrected chi connectivity index (χ3v) is 9.47. The number of anilines is 2. The Morgan fingerprint density at radius 1 is 1.12 bits per heavy atom. The molecule has 2 N–H and O–H groups in total. The van der Waals surface area contributed by atoms with Gasteiger partial charge < -0.3 is 25.0 Å². The second-order valence-electron chi connectivity index (χ2n) is 10.3. The van der Waals surface area contributed by atoms with Gasteiger partial charge in [-0.15, -0.1) is 34.4 Å². The van der Waals surface area contributed by atoms with E-state index in [1.165, 1.54) is 41.5 Å². The van der Waals surface area contributed by atoms with Crippen molar-refractivity contribution < 1.29 is 28.7 Å². The summed E-state index contributed by atoms with van der Waals surface area (Å²) in [7, 11) is 1.31. The number of ether oxygens (including phenoxy) is 2. The molecule has 0 aliphatic carbocycles. The summed E-state index contributed by atoms with van der Waals surface area (Å²) in [6.07, 6.45) is 0.562. The predicted octanol–water partition coefficient (Wildman–Crippen LogP) is 6.65. The lowest BCUT2D eigenvalue weighted by Gasteiger charge is -2.30. The number of thiophene rings is 2. The summed E-state index contributed by atoms with van der Waals surface area (Å²) in [5.41, 5.74) is 1.14. The maximum absolute atomic E-state index is 13.4. The number of nitrogens with zero attached hydrogens (tertiary/aromatic N) is 1. The molecule has 1 aliphatic rings. The first-order valence-corrected chi connectivity index (χ1v) is 15.7. The van der Waals surface area contributed by atoms with E-state index in [-0.39, 0.29) is 18.4 Å². The van der Waals surface area contributed by atoms with Gasteiger partial charge in [-0.25, -0.2) is 9.59 Å². The van der Waals surface area contributed by atoms with E-state index in [1.807, 2.05) is 57.3 Å². The van der Waals surface area contributed by atoms with Crippen molar-refractivity contribution in [1.29, 1.82) is 0 Å². The summed E-state index contributed by atoms with van der Waals surface area (Å²) in [6.45, 7) is 8.03. The van der Waals surface area contributed by atoms with Crippen LogP contribution < -0.4 is 10.6 Å². The van der Waals surface area contributed by atoms with Gasteiger partial charge in [0.25, 0.3) is 5.91 Å². The number of rotatable bonds is 8. The van der Waals surface area contributed by atoms with E-state index in [9.17, 15) is 19.2 Å². The highest BCUT2D eigenvalue weighted by molar-refractivity contribution is 8.00. The smallest absolute Gasteiger partial charge is 0.410 e. The van der Waals surface area contributed by atoms with Gasteiger partial charge in [0.05, 0.1) is 29.3 Å². The number of methoxy groups -OCH3 is 1. The van der Waals surface area contributed by atoms with Crippen LogP contribution in [0.4, 0.5) is 15.5 Å². The van der Waals surface area contributed by atoms with Crippen molar-refractivity contribution in [2.75, 3.05) is 24.3 Å². The molecule has 1 atom stereocenters. The average Bonchev–Trinajstić information content (AvgIpc) is 3.58. The molecular weight excluding hydrogens is 583 g/mol. The van der Waals surface area contributed by atoms with Gasteiger partial charge in [-0.05, 0) is 68.8 Å². The van der Waals surface area contributed by atoms with Crippen LogP contribution in [0.1, 0.15) is 64.6 Å². The van der Waals surface area contributed by atoms with Crippen molar-refractivity contribution in [3.05, 3.63) is 62.7 Å². The van der Waals surface area contributed by atoms with E-state index in [4.69, 9.17) is 9.47 Å². The van der Waals surface area contributed by atoms with Crippen LogP contribution in [0.15, 0.2) is 46.7 Å². The molecule has 218 valence electrons. The Morgan fingerprint density at radius 2 is 1.90 bits per heavy atom. The van der Waals surface area contributed by atoms with Gasteiger partial charge in [0.2, 0.25) is 5.91 Å². The van der Waals surface area contributed by atoms with Crippen LogP contribution in [-0.2, 0) is 27.2 Å². The number of hydrogen-bond acceptors (Lipinski definition) is 9. The Labute approximate surface area is 251 Å². The monoisotopic (exact) mass is 615 g/mol. The van der Waals surface area contributed by atoms with Crippen molar-refractivity contribution in [3.63, 3.8) is 0 Å². The van der Waals surface area contributed by atoms with Crippen LogP contribution in [0.2, 0.25) is 0 Å². The van der Waals surface area contributed by atoms with E-state index < -0.39 is 22.9 Å². The van der Waals surface area contributed by atoms with Gasteiger partial charge >= 0.3 is 12.1 Å². The summed E-state index contributed by atoms with van der Waals surface area (Å²) in [5, 5.41) is 7.65. The zero-order chi connectivity index (χ0) is 29.7. The molecule has 12 heteroatoms. The second-order valence-corrected chi connectivity index (χ2v) is 13.6. The molecule has 3 amide bonds. The van der Waals surface area contributed by atoms with Gasteiger partial charge in [0.15, 0.2) is 0 Å². The van der Waals surface area contributed by atoms with Crippen molar-refractivity contribution >= 4 is 69.0 Å². The summed E-state index contributed by atoms with van der Waals surface area (Å²) in [6, 6.07) is 10.9. The highest BCUT2D eigenvalue weighted by atomic mass is 32.2. The Kier molecular flexibility index (Phi) is 9.77. The van der Waals surface area contributed by atoms with E-state index in [2.05, 4.69) is 10.6 Å². The van der Waals surface area contributed by atoms with E-state index in [0.29, 0.717) is 40.5 Å². The van der Waals surface area contributed by atoms with Crippen LogP contribution in [-0.4, -0.2) is 53.3 Å². The molecule has 0 saturated heterocycles. The molecule has 0 saturated carbocycles. The lowest BCUT2D eigenvalue weighted by Crippen LogP contribution is -2.39. The van der Waals surface area contributed by atoms with Gasteiger partial charge in [0.1, 0.15) is 10.6 Å². The minimum Gasteiger partial charge on any atom is -0.465 e. The van der Waals surface area contributed by atoms with Crippen molar-refractivity contribution in [3.8, 4) is 0 Å². The molecule has 1 unspecified atom stereocenters. The number of esters is 1. The SMILES string of the molecule is CCC(Sc1cccc(NC(=O)c2cccs2)c1)C(=O)Nc1sc2c(c1C(=O)OC)CCN(C(=O)OC(C)(C)C)C2. The molecule has 9 nitrogen and oxygen atoms in total. The molecule has 0 fully saturated rings. The third-order valence-electron chi connectivity index (χ3n) is 6.11. The molecule has 0 bridgehead atoms. The molecule has 2 aromatic heterocycles. The fourth-order valence-electron chi connectivity index (χ4n) is 4.22. The van der Waals surface area contributed by atoms with Gasteiger partial charge in [-0.3, -0.25) is 9.59 Å². The number of amides is 3. The Hall–Kier alpha value is -3.35. The first-order chi connectivity index (χ1) is 19.5. The number of carbonyl (C=O) groups excluding carboxylic acids is 4. The second kappa shape index (κ2) is 13.1. The summed E-state index contributed by atoms with van der Waals surface area (Å²) in [4.78, 5) is 55.2. The number of carbonyl (C=O) groups is 4. The van der Waals surface area contributed by atoms with Crippen LogP contribution in [0, 0.1) is 0 Å². The standard InChI is InChI=1S/C29H33N3O6S3/c1-6-20(40-18-10-7-9-17(15-18)30-25(34)21-11-8-14-39-21)24(33)31-26-23(27(35)37-5)19-12-13-32(16-22(19)41-26)28(36)38-29(2,3)4/h7-11,14-15,20H,6,12-13,16H2,1-5H3,(H,30,34)(H,31,33). The first-order valence-electron chi connectivity index (χ1n) is 13.1. The number of fused-ring (bicyclic) bond motifs is 1. The Morgan fingerprint density at radius 3 is 2.56 bits per heavy atom. The number of nitrogens with one attached hydrogen (secondary N) is 2. The Balaban J connectivity index is 1.48. The number of thioether (sulfide) groups is 1. The van der Waals surface area contributed by atoms with E-state index in [1.54, 1.807) is 17.0 Å². The first kappa shape index (κ1) is 30.6. The van der Waals surface area contributed by atoms with Gasteiger partial charge in [-0.2, -0.15) is 0 Å². The minimum absolute atomic E-state index is 0.186. The summed E-state index contributed by atoms with van der Waals surface area (Å²) in [5.74, 6) is -0.967. The van der Waals surface area contributed by atoms with Gasteiger partial charge in [0, 0.05) is 22.0 Å². The molecule has 3 aromatic rings. The lowest BCUT2D eigenvalue weighted by atomic mass is 10.0. The number of benzene rings is 1. The zero-order valence-corrected chi connectivity index (χ0v) is 26.0. The molecule has 3 heterocycles. The van der Waals surface area contributed by atoms with Crippen LogP contribution in [0.3, 0.4) is 0 Å². The highest BCUT2D eigenvalue weighted by Gasteiger charge is 2.33. The molecule has 0 spiro atoms. The van der Waals surface area contributed by atoms with Crippen LogP contribution in [0.25, 0.3) is 0 Å². The van der Waals surface area contributed by atoms with Crippen molar-refractivity contribution in [2.45, 2.75) is 62.8 Å². The molecule has 1 aromatic carbocycles. The maximum Gasteiger partial charge on any atom is 0.410 e. The quantitative estimate of drug-likeness (QED) is 0.215. The minimum atomic E-state index is -0.620. The summed E-state index contributed by atoms with van der Waals surface area (Å²) >= 11 is 4.02. The Bertz CT molecular complexity index is 1430.